The molecule has 0 aliphatic heterocycles. The fraction of sp³-hybridized carbons (Fsp3) is 0.0714. The number of carbonyl (C=O) groups is 1. The van der Waals surface area contributed by atoms with Crippen LogP contribution in [0.25, 0.3) is 21.8 Å². The molecule has 0 aliphatic carbocycles. The van der Waals surface area contributed by atoms with Crippen LogP contribution < -0.4 is 0 Å². The lowest BCUT2D eigenvalue weighted by atomic mass is 10.2. The van der Waals surface area contributed by atoms with E-state index in [2.05, 4.69) is 15.9 Å². The van der Waals surface area contributed by atoms with E-state index in [1.54, 1.807) is 11.5 Å². The molecule has 0 bridgehead atoms. The van der Waals surface area contributed by atoms with Crippen molar-refractivity contribution in [2.24, 2.45) is 0 Å². The van der Waals surface area contributed by atoms with Gasteiger partial charge in [-0.3, -0.25) is 9.36 Å². The first-order valence-electron chi connectivity index (χ1n) is 5.39. The van der Waals surface area contributed by atoms with Crippen molar-refractivity contribution in [2.45, 2.75) is 6.92 Å². The van der Waals surface area contributed by atoms with Crippen LogP contribution in [-0.4, -0.2) is 10.5 Å². The molecular formula is C14H10BrNO. The van der Waals surface area contributed by atoms with Gasteiger partial charge in [0.15, 0.2) is 0 Å². The zero-order valence-electron chi connectivity index (χ0n) is 9.27. The molecule has 0 atom stereocenters. The molecule has 84 valence electrons. The highest BCUT2D eigenvalue weighted by atomic mass is 79.9. The van der Waals surface area contributed by atoms with Crippen molar-refractivity contribution in [1.29, 1.82) is 0 Å². The Morgan fingerprint density at radius 2 is 1.76 bits per heavy atom. The molecule has 0 N–H and O–H groups in total. The number of carbonyl (C=O) groups excluding carboxylic acids is 1. The van der Waals surface area contributed by atoms with E-state index in [1.165, 1.54) is 0 Å². The van der Waals surface area contributed by atoms with Crippen molar-refractivity contribution in [3.63, 3.8) is 0 Å². The molecule has 0 aliphatic rings. The van der Waals surface area contributed by atoms with Crippen LogP contribution in [0.15, 0.2) is 46.9 Å². The van der Waals surface area contributed by atoms with Gasteiger partial charge in [0.25, 0.3) is 0 Å². The first-order chi connectivity index (χ1) is 8.20. The third-order valence-corrected chi connectivity index (χ3v) is 3.62. The lowest BCUT2D eigenvalue weighted by molar-refractivity contribution is 0.0946. The van der Waals surface area contributed by atoms with E-state index in [1.807, 2.05) is 42.5 Å². The van der Waals surface area contributed by atoms with Gasteiger partial charge >= 0.3 is 0 Å². The molecule has 0 amide bonds. The minimum atomic E-state index is 0.0364. The van der Waals surface area contributed by atoms with Crippen LogP contribution in [0, 0.1) is 0 Å². The van der Waals surface area contributed by atoms with Crippen molar-refractivity contribution in [3.8, 4) is 0 Å². The molecule has 0 spiro atoms. The van der Waals surface area contributed by atoms with Crippen molar-refractivity contribution in [2.75, 3.05) is 0 Å². The molecule has 1 aromatic heterocycles. The van der Waals surface area contributed by atoms with Gasteiger partial charge in [-0.2, -0.15) is 0 Å². The summed E-state index contributed by atoms with van der Waals surface area (Å²) < 4.78 is 2.78. The summed E-state index contributed by atoms with van der Waals surface area (Å²) >= 11 is 3.56. The van der Waals surface area contributed by atoms with E-state index < -0.39 is 0 Å². The molecular weight excluding hydrogens is 278 g/mol. The van der Waals surface area contributed by atoms with Gasteiger partial charge in [0.2, 0.25) is 5.91 Å². The minimum absolute atomic E-state index is 0.0364. The summed E-state index contributed by atoms with van der Waals surface area (Å²) in [6.45, 7) is 1.59. The van der Waals surface area contributed by atoms with Gasteiger partial charge in [-0.25, -0.2) is 0 Å². The number of hydrogen-bond donors (Lipinski definition) is 0. The third-order valence-electron chi connectivity index (χ3n) is 2.96. The van der Waals surface area contributed by atoms with Gasteiger partial charge in [0.05, 0.1) is 11.0 Å². The molecule has 0 saturated heterocycles. The number of halogens is 1. The van der Waals surface area contributed by atoms with Crippen molar-refractivity contribution >= 4 is 43.6 Å². The SMILES string of the molecule is CC(=O)n1c2ccccc2c2c(Br)cccc21. The quantitative estimate of drug-likeness (QED) is 0.607. The number of para-hydroxylation sites is 1. The van der Waals surface area contributed by atoms with Gasteiger partial charge in [-0.1, -0.05) is 40.2 Å². The van der Waals surface area contributed by atoms with Crippen molar-refractivity contribution in [3.05, 3.63) is 46.9 Å². The summed E-state index contributed by atoms with van der Waals surface area (Å²) in [5, 5.41) is 2.20. The van der Waals surface area contributed by atoms with E-state index in [4.69, 9.17) is 0 Å². The first-order valence-corrected chi connectivity index (χ1v) is 6.18. The van der Waals surface area contributed by atoms with E-state index in [9.17, 15) is 4.79 Å². The molecule has 2 aromatic carbocycles. The Balaban J connectivity index is 2.67. The maximum Gasteiger partial charge on any atom is 0.228 e. The molecule has 3 heteroatoms. The number of benzene rings is 2. The summed E-state index contributed by atoms with van der Waals surface area (Å²) in [7, 11) is 0. The Kier molecular flexibility index (Phi) is 2.30. The predicted octanol–water partition coefficient (Wildman–Crippen LogP) is 4.22. The van der Waals surface area contributed by atoms with Gasteiger partial charge in [0, 0.05) is 22.2 Å². The van der Waals surface area contributed by atoms with Crippen LogP contribution in [0.4, 0.5) is 0 Å². The molecule has 3 aromatic rings. The number of fused-ring (bicyclic) bond motifs is 3. The molecule has 2 nitrogen and oxygen atoms in total. The Bertz CT molecular complexity index is 742. The second-order valence-corrected chi connectivity index (χ2v) is 4.86. The number of aromatic nitrogens is 1. The maximum atomic E-state index is 11.8. The Morgan fingerprint density at radius 3 is 2.53 bits per heavy atom. The Hall–Kier alpha value is -1.61. The standard InChI is InChI=1S/C14H10BrNO/c1-9(17)16-12-7-3-2-5-10(12)14-11(15)6-4-8-13(14)16/h2-8H,1H3. The molecule has 1 heterocycles. The van der Waals surface area contributed by atoms with E-state index in [0.29, 0.717) is 0 Å². The van der Waals surface area contributed by atoms with Gasteiger partial charge in [-0.15, -0.1) is 0 Å². The number of hydrogen-bond acceptors (Lipinski definition) is 1. The topological polar surface area (TPSA) is 22.0 Å². The smallest absolute Gasteiger partial charge is 0.228 e. The van der Waals surface area contributed by atoms with Crippen molar-refractivity contribution < 1.29 is 4.79 Å². The van der Waals surface area contributed by atoms with Crippen LogP contribution in [0.2, 0.25) is 0 Å². The molecule has 0 fully saturated rings. The average Bonchev–Trinajstić information content (AvgIpc) is 2.64. The molecule has 17 heavy (non-hydrogen) atoms. The zero-order valence-corrected chi connectivity index (χ0v) is 10.9. The third kappa shape index (κ3) is 1.42. The van der Waals surface area contributed by atoms with Crippen LogP contribution in [0.5, 0.6) is 0 Å². The van der Waals surface area contributed by atoms with Gasteiger partial charge in [-0.05, 0) is 18.2 Å². The summed E-state index contributed by atoms with van der Waals surface area (Å²) in [5.74, 6) is 0.0364. The van der Waals surface area contributed by atoms with Crippen LogP contribution >= 0.6 is 15.9 Å². The van der Waals surface area contributed by atoms with Crippen molar-refractivity contribution in [1.82, 2.24) is 4.57 Å². The van der Waals surface area contributed by atoms with E-state index in [0.717, 1.165) is 26.3 Å². The number of rotatable bonds is 0. The second kappa shape index (κ2) is 3.70. The molecule has 0 unspecified atom stereocenters. The fourth-order valence-corrected chi connectivity index (χ4v) is 2.88. The van der Waals surface area contributed by atoms with E-state index >= 15 is 0 Å². The second-order valence-electron chi connectivity index (χ2n) is 4.01. The zero-order chi connectivity index (χ0) is 12.0. The summed E-state index contributed by atoms with van der Waals surface area (Å²) in [6, 6.07) is 13.9. The minimum Gasteiger partial charge on any atom is -0.280 e. The number of nitrogens with zero attached hydrogens (tertiary/aromatic N) is 1. The Labute approximate surface area is 107 Å². The maximum absolute atomic E-state index is 11.8. The molecule has 0 saturated carbocycles. The highest BCUT2D eigenvalue weighted by Gasteiger charge is 2.14. The average molecular weight is 288 g/mol. The lowest BCUT2D eigenvalue weighted by Gasteiger charge is -2.00. The van der Waals surface area contributed by atoms with Crippen LogP contribution in [-0.2, 0) is 0 Å². The van der Waals surface area contributed by atoms with Crippen LogP contribution in [0.3, 0.4) is 0 Å². The monoisotopic (exact) mass is 287 g/mol. The normalized spacial score (nSPS) is 11.2. The lowest BCUT2D eigenvalue weighted by Crippen LogP contribution is -2.04. The Morgan fingerprint density at radius 1 is 1.06 bits per heavy atom. The van der Waals surface area contributed by atoms with E-state index in [-0.39, 0.29) is 5.91 Å². The summed E-state index contributed by atoms with van der Waals surface area (Å²) in [5.41, 5.74) is 1.91. The first kappa shape index (κ1) is 10.5. The molecule has 0 radical (unpaired) electrons. The molecule has 3 rings (SSSR count). The largest absolute Gasteiger partial charge is 0.280 e. The highest BCUT2D eigenvalue weighted by Crippen LogP contribution is 2.33. The van der Waals surface area contributed by atoms with Gasteiger partial charge in [0.1, 0.15) is 0 Å². The van der Waals surface area contributed by atoms with Crippen LogP contribution in [0.1, 0.15) is 11.7 Å². The predicted molar refractivity (Wildman–Crippen MR) is 73.4 cm³/mol. The van der Waals surface area contributed by atoms with Gasteiger partial charge < -0.3 is 0 Å². The summed E-state index contributed by atoms with van der Waals surface area (Å²) in [4.78, 5) is 11.8. The summed E-state index contributed by atoms with van der Waals surface area (Å²) in [6.07, 6.45) is 0. The fourth-order valence-electron chi connectivity index (χ4n) is 2.31. The highest BCUT2D eigenvalue weighted by molar-refractivity contribution is 9.10.